The predicted molar refractivity (Wildman–Crippen MR) is 76.7 cm³/mol. The maximum absolute atomic E-state index is 11.6. The molecule has 0 atom stereocenters. The topological polar surface area (TPSA) is 64.3 Å². The molecule has 0 aliphatic rings. The van der Waals surface area contributed by atoms with Crippen molar-refractivity contribution in [3.8, 4) is 0 Å². The fraction of sp³-hybridized carbons (Fsp3) is 0.385. The number of carbonyl (C=O) groups is 1. The highest BCUT2D eigenvalue weighted by atomic mass is 32.1. The molecule has 0 aliphatic heterocycles. The van der Waals surface area contributed by atoms with Gasteiger partial charge in [0.05, 0.1) is 5.60 Å². The highest BCUT2D eigenvalue weighted by Crippen LogP contribution is 2.11. The summed E-state index contributed by atoms with van der Waals surface area (Å²) in [4.78, 5) is 11.9. The van der Waals surface area contributed by atoms with E-state index in [-0.39, 0.29) is 18.1 Å². The Hall–Kier alpha value is -1.46. The summed E-state index contributed by atoms with van der Waals surface area (Å²) in [6.07, 6.45) is 0. The lowest BCUT2D eigenvalue weighted by Crippen LogP contribution is -2.27. The molecular weight excluding hydrogens is 248 g/mol. The van der Waals surface area contributed by atoms with Crippen LogP contribution < -0.4 is 11.1 Å². The van der Waals surface area contributed by atoms with Crippen molar-refractivity contribution >= 4 is 28.8 Å². The van der Waals surface area contributed by atoms with Crippen LogP contribution >= 0.6 is 12.2 Å². The first-order valence-corrected chi connectivity index (χ1v) is 6.02. The van der Waals surface area contributed by atoms with Crippen molar-refractivity contribution in [2.24, 2.45) is 5.73 Å². The van der Waals surface area contributed by atoms with Gasteiger partial charge in [0.2, 0.25) is 5.91 Å². The predicted octanol–water partition coefficient (Wildman–Crippen LogP) is 2.07. The van der Waals surface area contributed by atoms with E-state index in [0.717, 1.165) is 5.56 Å². The minimum atomic E-state index is -0.335. The molecule has 0 saturated heterocycles. The van der Waals surface area contributed by atoms with Crippen molar-refractivity contribution in [1.82, 2.24) is 0 Å². The van der Waals surface area contributed by atoms with Crippen LogP contribution in [0.2, 0.25) is 0 Å². The normalized spacial score (nSPS) is 11.1. The van der Waals surface area contributed by atoms with Crippen LogP contribution in [0.15, 0.2) is 24.3 Å². The number of nitrogens with one attached hydrogen (secondary N) is 1. The highest BCUT2D eigenvalue weighted by molar-refractivity contribution is 7.80. The van der Waals surface area contributed by atoms with Gasteiger partial charge in [-0.1, -0.05) is 24.4 Å². The molecule has 0 bridgehead atoms. The molecule has 98 valence electrons. The van der Waals surface area contributed by atoms with E-state index in [1.807, 2.05) is 20.8 Å². The number of anilines is 1. The highest BCUT2D eigenvalue weighted by Gasteiger charge is 2.13. The average Bonchev–Trinajstić information content (AvgIpc) is 2.26. The molecule has 18 heavy (non-hydrogen) atoms. The van der Waals surface area contributed by atoms with Crippen LogP contribution in [0.25, 0.3) is 0 Å². The molecule has 3 N–H and O–H groups in total. The molecule has 1 amide bonds. The lowest BCUT2D eigenvalue weighted by molar-refractivity contribution is -0.125. The first-order chi connectivity index (χ1) is 8.28. The first-order valence-electron chi connectivity index (χ1n) is 5.61. The molecule has 0 aromatic heterocycles. The number of thiocarbonyl (C=S) groups is 1. The maximum atomic E-state index is 11.6. The zero-order chi connectivity index (χ0) is 13.8. The molecule has 0 saturated carbocycles. The fourth-order valence-electron chi connectivity index (χ4n) is 1.23. The van der Waals surface area contributed by atoms with Crippen molar-refractivity contribution in [3.05, 3.63) is 29.8 Å². The summed E-state index contributed by atoms with van der Waals surface area (Å²) in [5, 5.41) is 2.73. The summed E-state index contributed by atoms with van der Waals surface area (Å²) < 4.78 is 5.38. The van der Waals surface area contributed by atoms with E-state index in [2.05, 4.69) is 5.32 Å². The summed E-state index contributed by atoms with van der Waals surface area (Å²) >= 11 is 4.88. The van der Waals surface area contributed by atoms with Gasteiger partial charge in [0.15, 0.2) is 0 Å². The van der Waals surface area contributed by atoms with Gasteiger partial charge in [0.25, 0.3) is 0 Å². The van der Waals surface area contributed by atoms with Gasteiger partial charge in [-0.3, -0.25) is 4.79 Å². The Balaban J connectivity index is 2.59. The Morgan fingerprint density at radius 2 is 2.11 bits per heavy atom. The van der Waals surface area contributed by atoms with Crippen LogP contribution in [-0.2, 0) is 9.53 Å². The number of nitrogens with two attached hydrogens (primary N) is 1. The molecule has 0 spiro atoms. The Morgan fingerprint density at radius 1 is 1.44 bits per heavy atom. The zero-order valence-corrected chi connectivity index (χ0v) is 11.6. The molecule has 0 radical (unpaired) electrons. The maximum Gasteiger partial charge on any atom is 0.250 e. The molecule has 0 heterocycles. The summed E-state index contributed by atoms with van der Waals surface area (Å²) in [5.74, 6) is -0.204. The Morgan fingerprint density at radius 3 is 2.67 bits per heavy atom. The van der Waals surface area contributed by atoms with Gasteiger partial charge in [-0.05, 0) is 32.9 Å². The molecule has 1 aromatic carbocycles. The molecule has 4 nitrogen and oxygen atoms in total. The van der Waals surface area contributed by atoms with Gasteiger partial charge >= 0.3 is 0 Å². The largest absolute Gasteiger partial charge is 0.389 e. The van der Waals surface area contributed by atoms with Crippen molar-refractivity contribution in [2.45, 2.75) is 26.4 Å². The number of ether oxygens (including phenoxy) is 1. The van der Waals surface area contributed by atoms with Crippen LogP contribution in [0.5, 0.6) is 0 Å². The van der Waals surface area contributed by atoms with Crippen molar-refractivity contribution in [3.63, 3.8) is 0 Å². The number of hydrogen-bond acceptors (Lipinski definition) is 3. The third-order valence-electron chi connectivity index (χ3n) is 2.07. The van der Waals surface area contributed by atoms with Crippen LogP contribution in [0, 0.1) is 0 Å². The molecule has 0 fully saturated rings. The van der Waals surface area contributed by atoms with Gasteiger partial charge in [-0.2, -0.15) is 0 Å². The summed E-state index contributed by atoms with van der Waals surface area (Å²) in [6, 6.07) is 7.09. The minimum absolute atomic E-state index is 0.0147. The molecule has 1 aromatic rings. The number of benzene rings is 1. The number of carbonyl (C=O) groups excluding carboxylic acids is 1. The van der Waals surface area contributed by atoms with E-state index in [4.69, 9.17) is 22.7 Å². The third-order valence-corrected chi connectivity index (χ3v) is 2.30. The van der Waals surface area contributed by atoms with Crippen molar-refractivity contribution in [2.75, 3.05) is 11.9 Å². The van der Waals surface area contributed by atoms with Crippen molar-refractivity contribution in [1.29, 1.82) is 0 Å². The lowest BCUT2D eigenvalue weighted by atomic mass is 10.2. The van der Waals surface area contributed by atoms with Gasteiger partial charge in [-0.15, -0.1) is 0 Å². The van der Waals surface area contributed by atoms with Gasteiger partial charge in [-0.25, -0.2) is 0 Å². The van der Waals surface area contributed by atoms with Crippen LogP contribution in [0.1, 0.15) is 26.3 Å². The minimum Gasteiger partial charge on any atom is -0.389 e. The smallest absolute Gasteiger partial charge is 0.250 e. The summed E-state index contributed by atoms with van der Waals surface area (Å²) in [5.41, 5.74) is 6.57. The second-order valence-corrected chi connectivity index (χ2v) is 5.33. The summed E-state index contributed by atoms with van der Waals surface area (Å²) in [7, 11) is 0. The molecule has 1 rings (SSSR count). The first kappa shape index (κ1) is 14.6. The molecule has 0 unspecified atom stereocenters. The Bertz CT molecular complexity index is 453. The van der Waals surface area contributed by atoms with E-state index < -0.39 is 0 Å². The fourth-order valence-corrected chi connectivity index (χ4v) is 1.36. The second kappa shape index (κ2) is 5.93. The summed E-state index contributed by atoms with van der Waals surface area (Å²) in [6.45, 7) is 5.70. The van der Waals surface area contributed by atoms with Crippen LogP contribution in [0.3, 0.4) is 0 Å². The van der Waals surface area contributed by atoms with Gasteiger partial charge in [0, 0.05) is 11.3 Å². The molecule has 5 heteroatoms. The molecular formula is C13H18N2O2S. The van der Waals surface area contributed by atoms with E-state index >= 15 is 0 Å². The monoisotopic (exact) mass is 266 g/mol. The van der Waals surface area contributed by atoms with Gasteiger partial charge < -0.3 is 15.8 Å². The number of rotatable bonds is 4. The lowest BCUT2D eigenvalue weighted by Gasteiger charge is -2.19. The zero-order valence-electron chi connectivity index (χ0n) is 10.8. The van der Waals surface area contributed by atoms with Crippen molar-refractivity contribution < 1.29 is 9.53 Å². The van der Waals surface area contributed by atoms with E-state index in [9.17, 15) is 4.79 Å². The van der Waals surface area contributed by atoms with Crippen LogP contribution in [0.4, 0.5) is 5.69 Å². The Kier molecular flexibility index (Phi) is 4.81. The Labute approximate surface area is 113 Å². The van der Waals surface area contributed by atoms with Gasteiger partial charge in [0.1, 0.15) is 11.6 Å². The van der Waals surface area contributed by atoms with E-state index in [1.54, 1.807) is 24.3 Å². The van der Waals surface area contributed by atoms with E-state index in [1.165, 1.54) is 0 Å². The average molecular weight is 266 g/mol. The SMILES string of the molecule is CC(C)(C)OCC(=O)Nc1cccc(C(N)=S)c1. The molecule has 0 aliphatic carbocycles. The quantitative estimate of drug-likeness (QED) is 0.819. The second-order valence-electron chi connectivity index (χ2n) is 4.89. The van der Waals surface area contributed by atoms with E-state index in [0.29, 0.717) is 10.7 Å². The number of hydrogen-bond donors (Lipinski definition) is 2. The van der Waals surface area contributed by atoms with Crippen LogP contribution in [-0.4, -0.2) is 23.1 Å². The standard InChI is InChI=1S/C13H18N2O2S/c1-13(2,3)17-8-11(16)15-10-6-4-5-9(7-10)12(14)18/h4-7H,8H2,1-3H3,(H2,14,18)(H,15,16). The third kappa shape index (κ3) is 5.25. The number of amides is 1.